The minimum atomic E-state index is -0.181. The fraction of sp³-hybridized carbons (Fsp3) is 0.435. The van der Waals surface area contributed by atoms with Crippen molar-refractivity contribution < 1.29 is 14.3 Å². The number of ether oxygens (including phenoxy) is 2. The number of carbonyl (C=O) groups is 1. The highest BCUT2D eigenvalue weighted by molar-refractivity contribution is 7.18. The number of thiophene rings is 1. The molecule has 1 amide bonds. The van der Waals surface area contributed by atoms with Crippen LogP contribution in [-0.4, -0.2) is 35.8 Å². The van der Waals surface area contributed by atoms with Crippen LogP contribution in [0.4, 0.5) is 5.69 Å². The summed E-state index contributed by atoms with van der Waals surface area (Å²) in [6.07, 6.45) is 5.99. The minimum absolute atomic E-state index is 0.0453. The fourth-order valence-electron chi connectivity index (χ4n) is 3.86. The molecule has 0 fully saturated rings. The Morgan fingerprint density at radius 3 is 2.94 bits per heavy atom. The van der Waals surface area contributed by atoms with Gasteiger partial charge in [-0.05, 0) is 55.9 Å². The Morgan fingerprint density at radius 1 is 1.26 bits per heavy atom. The maximum absolute atomic E-state index is 13.0. The molecule has 164 valence electrons. The van der Waals surface area contributed by atoms with Gasteiger partial charge in [0.2, 0.25) is 5.91 Å². The Kier molecular flexibility index (Phi) is 6.67. The number of methoxy groups -OCH3 is 1. The Morgan fingerprint density at radius 2 is 2.10 bits per heavy atom. The van der Waals surface area contributed by atoms with E-state index < -0.39 is 0 Å². The molecule has 7 nitrogen and oxygen atoms in total. The number of anilines is 1. The summed E-state index contributed by atoms with van der Waals surface area (Å²) in [5, 5.41) is 3.64. The topological polar surface area (TPSA) is 82.4 Å². The van der Waals surface area contributed by atoms with Gasteiger partial charge in [0.15, 0.2) is 0 Å². The Bertz CT molecular complexity index is 1150. The quantitative estimate of drug-likeness (QED) is 0.539. The third-order valence-corrected chi connectivity index (χ3v) is 6.68. The molecule has 0 saturated carbocycles. The van der Waals surface area contributed by atoms with E-state index in [2.05, 4.69) is 10.3 Å². The summed E-state index contributed by atoms with van der Waals surface area (Å²) in [7, 11) is 1.61. The van der Waals surface area contributed by atoms with Crippen LogP contribution in [0.3, 0.4) is 0 Å². The molecule has 0 unspecified atom stereocenters. The van der Waals surface area contributed by atoms with Crippen LogP contribution in [0.1, 0.15) is 35.3 Å². The molecule has 0 spiro atoms. The number of aryl methyl sites for hydroxylation is 4. The van der Waals surface area contributed by atoms with Gasteiger partial charge in [0.05, 0.1) is 24.0 Å². The van der Waals surface area contributed by atoms with Gasteiger partial charge >= 0.3 is 0 Å². The molecule has 1 aliphatic carbocycles. The summed E-state index contributed by atoms with van der Waals surface area (Å²) < 4.78 is 12.3. The van der Waals surface area contributed by atoms with Gasteiger partial charge in [-0.2, -0.15) is 0 Å². The van der Waals surface area contributed by atoms with Crippen LogP contribution in [0.15, 0.2) is 29.3 Å². The third-order valence-electron chi connectivity index (χ3n) is 5.48. The number of benzene rings is 1. The highest BCUT2D eigenvalue weighted by Gasteiger charge is 2.20. The van der Waals surface area contributed by atoms with Crippen LogP contribution in [0.5, 0.6) is 5.75 Å². The van der Waals surface area contributed by atoms with Crippen molar-refractivity contribution in [1.82, 2.24) is 9.55 Å². The standard InChI is InChI=1S/C23H27N3O4S/c1-15-7-8-17(18(13-15)30-12-11-29-2)25-20(27)9-10-26-14-24-22-21(23(26)28)16-5-3-4-6-19(16)31-22/h7-8,13-14H,3-6,9-12H2,1-2H3,(H,25,27). The average molecular weight is 442 g/mol. The van der Waals surface area contributed by atoms with Crippen molar-refractivity contribution in [3.05, 3.63) is 50.9 Å². The summed E-state index contributed by atoms with van der Waals surface area (Å²) in [6, 6.07) is 5.63. The van der Waals surface area contributed by atoms with Gasteiger partial charge in [0, 0.05) is 25.0 Å². The van der Waals surface area contributed by atoms with Crippen LogP contribution >= 0.6 is 11.3 Å². The summed E-state index contributed by atoms with van der Waals surface area (Å²) >= 11 is 1.63. The molecule has 3 aromatic rings. The van der Waals surface area contributed by atoms with Crippen LogP contribution in [0.2, 0.25) is 0 Å². The van der Waals surface area contributed by atoms with Crippen molar-refractivity contribution in [2.45, 2.75) is 45.6 Å². The van der Waals surface area contributed by atoms with Gasteiger partial charge in [0.1, 0.15) is 17.2 Å². The number of carbonyl (C=O) groups excluding carboxylic acids is 1. The van der Waals surface area contributed by atoms with E-state index in [0.29, 0.717) is 24.7 Å². The average Bonchev–Trinajstić information content (AvgIpc) is 3.14. The SMILES string of the molecule is COCCOc1cc(C)ccc1NC(=O)CCn1cnc2sc3c(c2c1=O)CCCC3. The lowest BCUT2D eigenvalue weighted by molar-refractivity contribution is -0.116. The second kappa shape index (κ2) is 9.62. The van der Waals surface area contributed by atoms with Crippen molar-refractivity contribution in [2.75, 3.05) is 25.6 Å². The molecule has 1 N–H and O–H groups in total. The zero-order valence-electron chi connectivity index (χ0n) is 17.9. The first-order valence-corrected chi connectivity index (χ1v) is 11.4. The lowest BCUT2D eigenvalue weighted by Gasteiger charge is -2.13. The Labute approximate surface area is 185 Å². The third kappa shape index (κ3) is 4.80. The molecule has 4 rings (SSSR count). The number of nitrogens with one attached hydrogen (secondary N) is 1. The molecule has 0 aliphatic heterocycles. The van der Waals surface area contributed by atoms with E-state index in [1.807, 2.05) is 25.1 Å². The maximum atomic E-state index is 13.0. The van der Waals surface area contributed by atoms with Crippen LogP contribution in [-0.2, 0) is 28.9 Å². The zero-order valence-corrected chi connectivity index (χ0v) is 18.7. The van der Waals surface area contributed by atoms with Gasteiger partial charge in [-0.1, -0.05) is 6.07 Å². The van der Waals surface area contributed by atoms with E-state index in [1.54, 1.807) is 29.3 Å². The van der Waals surface area contributed by atoms with Gasteiger partial charge in [-0.25, -0.2) is 4.98 Å². The van der Waals surface area contributed by atoms with E-state index in [1.165, 1.54) is 16.9 Å². The molecule has 8 heteroatoms. The predicted octanol–water partition coefficient (Wildman–Crippen LogP) is 3.70. The summed E-state index contributed by atoms with van der Waals surface area (Å²) in [6.45, 7) is 3.11. The van der Waals surface area contributed by atoms with Gasteiger partial charge in [0.25, 0.3) is 5.56 Å². The second-order valence-electron chi connectivity index (χ2n) is 7.77. The first-order chi connectivity index (χ1) is 15.1. The fourth-order valence-corrected chi connectivity index (χ4v) is 5.08. The first-order valence-electron chi connectivity index (χ1n) is 10.6. The van der Waals surface area contributed by atoms with Gasteiger partial charge in [-0.15, -0.1) is 11.3 Å². The monoisotopic (exact) mass is 441 g/mol. The molecule has 1 aromatic carbocycles. The molecule has 0 radical (unpaired) electrons. The Balaban J connectivity index is 1.45. The summed E-state index contributed by atoms with van der Waals surface area (Å²) in [4.78, 5) is 32.2. The number of amides is 1. The van der Waals surface area contributed by atoms with Crippen molar-refractivity contribution in [1.29, 1.82) is 0 Å². The number of nitrogens with zero attached hydrogens (tertiary/aromatic N) is 2. The molecule has 0 bridgehead atoms. The van der Waals surface area contributed by atoms with Crippen molar-refractivity contribution >= 4 is 33.1 Å². The van der Waals surface area contributed by atoms with Crippen LogP contribution in [0.25, 0.3) is 10.2 Å². The van der Waals surface area contributed by atoms with E-state index in [9.17, 15) is 9.59 Å². The normalized spacial score (nSPS) is 13.2. The molecule has 0 atom stereocenters. The van der Waals surface area contributed by atoms with E-state index in [4.69, 9.17) is 9.47 Å². The van der Waals surface area contributed by atoms with Crippen LogP contribution in [0, 0.1) is 6.92 Å². The van der Waals surface area contributed by atoms with E-state index >= 15 is 0 Å². The van der Waals surface area contributed by atoms with Gasteiger partial charge in [-0.3, -0.25) is 14.2 Å². The molecule has 31 heavy (non-hydrogen) atoms. The van der Waals surface area contributed by atoms with E-state index in [0.717, 1.165) is 35.0 Å². The van der Waals surface area contributed by atoms with Crippen molar-refractivity contribution in [2.24, 2.45) is 0 Å². The van der Waals surface area contributed by atoms with Crippen molar-refractivity contribution in [3.8, 4) is 5.75 Å². The minimum Gasteiger partial charge on any atom is -0.489 e. The van der Waals surface area contributed by atoms with Crippen LogP contribution < -0.4 is 15.6 Å². The highest BCUT2D eigenvalue weighted by atomic mass is 32.1. The molecule has 0 saturated heterocycles. The molecular weight excluding hydrogens is 414 g/mol. The molecule has 2 aromatic heterocycles. The smallest absolute Gasteiger partial charge is 0.262 e. The van der Waals surface area contributed by atoms with Crippen molar-refractivity contribution in [3.63, 3.8) is 0 Å². The number of hydrogen-bond acceptors (Lipinski definition) is 6. The van der Waals surface area contributed by atoms with Gasteiger partial charge < -0.3 is 14.8 Å². The van der Waals surface area contributed by atoms with E-state index in [-0.39, 0.29) is 24.4 Å². The second-order valence-corrected chi connectivity index (χ2v) is 8.86. The number of aromatic nitrogens is 2. The molecular formula is C23H27N3O4S. The maximum Gasteiger partial charge on any atom is 0.262 e. The summed E-state index contributed by atoms with van der Waals surface area (Å²) in [5.41, 5.74) is 2.77. The lowest BCUT2D eigenvalue weighted by atomic mass is 9.97. The molecule has 2 heterocycles. The summed E-state index contributed by atoms with van der Waals surface area (Å²) in [5.74, 6) is 0.426. The lowest BCUT2D eigenvalue weighted by Crippen LogP contribution is -2.24. The Hall–Kier alpha value is -2.71. The molecule has 1 aliphatic rings. The largest absolute Gasteiger partial charge is 0.489 e. The first kappa shape index (κ1) is 21.5. The predicted molar refractivity (Wildman–Crippen MR) is 122 cm³/mol. The highest BCUT2D eigenvalue weighted by Crippen LogP contribution is 2.33. The number of rotatable bonds is 8. The number of fused-ring (bicyclic) bond motifs is 3. The zero-order chi connectivity index (χ0) is 21.8. The number of hydrogen-bond donors (Lipinski definition) is 1.